The van der Waals surface area contributed by atoms with E-state index in [2.05, 4.69) is 43.9 Å². The van der Waals surface area contributed by atoms with Crippen molar-refractivity contribution in [3.8, 4) is 5.82 Å². The summed E-state index contributed by atoms with van der Waals surface area (Å²) in [6, 6.07) is 12.0. The number of fused-ring (bicyclic) bond motifs is 1. The molecule has 0 atom stereocenters. The maximum Gasteiger partial charge on any atom is 0.278 e. The van der Waals surface area contributed by atoms with Crippen molar-refractivity contribution < 1.29 is 0 Å². The minimum atomic E-state index is -0.256. The standard InChI is InChI=1S/C31H39N9O2/c1-4-16-38-30(42)26-21-32-31(34-29(26)40(38)27-12-13-28(41)39(35-27)22(2)3)33-23-8-10-24(11-9-23)37-19-14-25(15-20-37)36-17-6-5-7-18-36/h4,8-13,21-22,25H,1,5-7,14-20H2,2-3H3,(H,32,33,34). The molecule has 220 valence electrons. The molecule has 1 aromatic carbocycles. The van der Waals surface area contributed by atoms with E-state index in [1.165, 1.54) is 72.5 Å². The summed E-state index contributed by atoms with van der Waals surface area (Å²) >= 11 is 0. The fraction of sp³-hybridized carbons (Fsp3) is 0.452. The molecule has 1 N–H and O–H groups in total. The summed E-state index contributed by atoms with van der Waals surface area (Å²) in [5.74, 6) is 0.773. The number of allylic oxidation sites excluding steroid dienone is 1. The molecule has 0 aliphatic carbocycles. The number of piperidine rings is 2. The molecular formula is C31H39N9O2. The number of hydrogen-bond donors (Lipinski definition) is 1. The van der Waals surface area contributed by atoms with Crippen molar-refractivity contribution in [1.82, 2.24) is 34.0 Å². The number of nitrogens with one attached hydrogen (secondary N) is 1. The maximum absolute atomic E-state index is 13.3. The Morgan fingerprint density at radius 2 is 1.74 bits per heavy atom. The van der Waals surface area contributed by atoms with Gasteiger partial charge >= 0.3 is 0 Å². The van der Waals surface area contributed by atoms with Gasteiger partial charge in [-0.3, -0.25) is 9.59 Å². The van der Waals surface area contributed by atoms with E-state index in [4.69, 9.17) is 4.98 Å². The molecule has 3 aromatic heterocycles. The summed E-state index contributed by atoms with van der Waals surface area (Å²) in [4.78, 5) is 39.9. The van der Waals surface area contributed by atoms with E-state index in [0.29, 0.717) is 22.8 Å². The Kier molecular flexibility index (Phi) is 7.92. The van der Waals surface area contributed by atoms with Gasteiger partial charge in [0, 0.05) is 42.8 Å². The first kappa shape index (κ1) is 27.9. The number of anilines is 3. The fourth-order valence-electron chi connectivity index (χ4n) is 6.16. The number of likely N-dealkylation sites (tertiary alicyclic amines) is 1. The van der Waals surface area contributed by atoms with Crippen LogP contribution in [0.1, 0.15) is 52.0 Å². The number of hydrogen-bond acceptors (Lipinski definition) is 8. The average molecular weight is 570 g/mol. The molecule has 0 amide bonds. The van der Waals surface area contributed by atoms with E-state index in [-0.39, 0.29) is 23.7 Å². The lowest BCUT2D eigenvalue weighted by Crippen LogP contribution is -2.46. The van der Waals surface area contributed by atoms with Gasteiger partial charge < -0.3 is 15.1 Å². The summed E-state index contributed by atoms with van der Waals surface area (Å²) < 4.78 is 4.51. The van der Waals surface area contributed by atoms with Gasteiger partial charge in [0.05, 0.1) is 12.6 Å². The van der Waals surface area contributed by atoms with Gasteiger partial charge in [0.2, 0.25) is 5.95 Å². The molecule has 42 heavy (non-hydrogen) atoms. The quantitative estimate of drug-likeness (QED) is 0.316. The lowest BCUT2D eigenvalue weighted by atomic mass is 9.99. The molecule has 11 nitrogen and oxygen atoms in total. The molecule has 0 unspecified atom stereocenters. The predicted molar refractivity (Wildman–Crippen MR) is 166 cm³/mol. The largest absolute Gasteiger partial charge is 0.371 e. The van der Waals surface area contributed by atoms with Crippen LogP contribution in [-0.2, 0) is 6.54 Å². The zero-order chi connectivity index (χ0) is 29.2. The Balaban J connectivity index is 1.23. The van der Waals surface area contributed by atoms with Crippen molar-refractivity contribution in [3.63, 3.8) is 0 Å². The van der Waals surface area contributed by atoms with Crippen molar-refractivity contribution in [2.75, 3.05) is 36.4 Å². The molecule has 2 saturated heterocycles. The third kappa shape index (κ3) is 5.48. The lowest BCUT2D eigenvalue weighted by molar-refractivity contribution is 0.141. The smallest absolute Gasteiger partial charge is 0.278 e. The van der Waals surface area contributed by atoms with Gasteiger partial charge in [-0.1, -0.05) is 12.5 Å². The monoisotopic (exact) mass is 569 g/mol. The van der Waals surface area contributed by atoms with Crippen molar-refractivity contribution >= 4 is 28.4 Å². The third-order valence-corrected chi connectivity index (χ3v) is 8.35. The van der Waals surface area contributed by atoms with Gasteiger partial charge in [-0.25, -0.2) is 19.0 Å². The molecule has 5 heterocycles. The van der Waals surface area contributed by atoms with Gasteiger partial charge in [-0.05, 0) is 83.0 Å². The highest BCUT2D eigenvalue weighted by Gasteiger charge is 2.26. The second-order valence-electron chi connectivity index (χ2n) is 11.5. The summed E-state index contributed by atoms with van der Waals surface area (Å²) in [5, 5.41) is 8.18. The molecule has 2 fully saturated rings. The Morgan fingerprint density at radius 3 is 2.43 bits per heavy atom. The van der Waals surface area contributed by atoms with Crippen LogP contribution in [0.3, 0.4) is 0 Å². The molecule has 2 aliphatic rings. The van der Waals surface area contributed by atoms with Crippen LogP contribution in [0.2, 0.25) is 0 Å². The van der Waals surface area contributed by atoms with E-state index in [9.17, 15) is 9.59 Å². The zero-order valence-electron chi connectivity index (χ0n) is 24.4. The first-order valence-electron chi connectivity index (χ1n) is 15.0. The molecule has 6 rings (SSSR count). The first-order chi connectivity index (χ1) is 20.4. The molecular weight excluding hydrogens is 530 g/mol. The van der Waals surface area contributed by atoms with Crippen molar-refractivity contribution in [2.45, 2.75) is 64.6 Å². The van der Waals surface area contributed by atoms with Crippen LogP contribution in [0.25, 0.3) is 16.9 Å². The second kappa shape index (κ2) is 11.9. The summed E-state index contributed by atoms with van der Waals surface area (Å²) in [7, 11) is 0. The molecule has 0 radical (unpaired) electrons. The van der Waals surface area contributed by atoms with Gasteiger partial charge in [0.25, 0.3) is 11.1 Å². The van der Waals surface area contributed by atoms with E-state index >= 15 is 0 Å². The number of rotatable bonds is 8. The van der Waals surface area contributed by atoms with Crippen LogP contribution in [0.4, 0.5) is 17.3 Å². The Morgan fingerprint density at radius 1 is 1.00 bits per heavy atom. The van der Waals surface area contributed by atoms with Crippen molar-refractivity contribution in [1.29, 1.82) is 0 Å². The fourth-order valence-corrected chi connectivity index (χ4v) is 6.16. The third-order valence-electron chi connectivity index (χ3n) is 8.35. The number of aromatic nitrogens is 6. The Hall–Kier alpha value is -4.25. The highest BCUT2D eigenvalue weighted by atomic mass is 16.1. The SMILES string of the molecule is C=CCn1c(=O)c2cnc(Nc3ccc(N4CCC(N5CCCCC5)CC4)cc3)nc2n1-c1ccc(=O)n(C(C)C)n1. The highest BCUT2D eigenvalue weighted by molar-refractivity contribution is 5.77. The minimum absolute atomic E-state index is 0.144. The summed E-state index contributed by atoms with van der Waals surface area (Å²) in [5.41, 5.74) is 2.00. The topological polar surface area (TPSA) is 106 Å². The molecule has 2 aliphatic heterocycles. The normalized spacial score (nSPS) is 16.8. The van der Waals surface area contributed by atoms with Crippen molar-refractivity contribution in [3.05, 3.63) is 76.0 Å². The first-order valence-corrected chi connectivity index (χ1v) is 15.0. The van der Waals surface area contributed by atoms with E-state index < -0.39 is 0 Å². The van der Waals surface area contributed by atoms with Crippen LogP contribution in [0.5, 0.6) is 0 Å². The van der Waals surface area contributed by atoms with Crippen LogP contribution in [0, 0.1) is 0 Å². The summed E-state index contributed by atoms with van der Waals surface area (Å²) in [6.07, 6.45) is 9.65. The molecule has 0 saturated carbocycles. The van der Waals surface area contributed by atoms with E-state index in [1.807, 2.05) is 26.0 Å². The van der Waals surface area contributed by atoms with Gasteiger partial charge in [0.15, 0.2) is 11.5 Å². The molecule has 11 heteroatoms. The summed E-state index contributed by atoms with van der Waals surface area (Å²) in [6.45, 7) is 12.5. The Bertz CT molecular complexity index is 1670. The van der Waals surface area contributed by atoms with E-state index in [1.54, 1.807) is 16.8 Å². The van der Waals surface area contributed by atoms with Gasteiger partial charge in [-0.15, -0.1) is 11.7 Å². The minimum Gasteiger partial charge on any atom is -0.371 e. The maximum atomic E-state index is 13.3. The van der Waals surface area contributed by atoms with Gasteiger partial charge in [0.1, 0.15) is 5.39 Å². The van der Waals surface area contributed by atoms with Crippen LogP contribution in [-0.4, -0.2) is 66.2 Å². The van der Waals surface area contributed by atoms with Crippen LogP contribution in [0.15, 0.2) is 64.8 Å². The second-order valence-corrected chi connectivity index (χ2v) is 11.5. The molecule has 0 bridgehead atoms. The predicted octanol–water partition coefficient (Wildman–Crippen LogP) is 4.10. The number of nitrogens with zero attached hydrogens (tertiary/aromatic N) is 8. The zero-order valence-corrected chi connectivity index (χ0v) is 24.4. The molecule has 4 aromatic rings. The van der Waals surface area contributed by atoms with Crippen LogP contribution < -0.4 is 21.3 Å². The number of benzene rings is 1. The molecule has 0 spiro atoms. The van der Waals surface area contributed by atoms with E-state index in [0.717, 1.165) is 24.8 Å². The van der Waals surface area contributed by atoms with Crippen molar-refractivity contribution in [2.24, 2.45) is 0 Å². The Labute approximate surface area is 245 Å². The highest BCUT2D eigenvalue weighted by Crippen LogP contribution is 2.26. The van der Waals surface area contributed by atoms with Gasteiger partial charge in [-0.2, -0.15) is 4.98 Å². The van der Waals surface area contributed by atoms with Crippen LogP contribution >= 0.6 is 0 Å². The average Bonchev–Trinajstić information content (AvgIpc) is 3.28. The lowest BCUT2D eigenvalue weighted by Gasteiger charge is -2.41.